The molecule has 20 heavy (non-hydrogen) atoms. The molecule has 0 aliphatic heterocycles. The van der Waals surface area contributed by atoms with Gasteiger partial charge in [0.2, 0.25) is 10.0 Å². The van der Waals surface area contributed by atoms with Crippen molar-refractivity contribution in [2.24, 2.45) is 0 Å². The monoisotopic (exact) mass is 297 g/mol. The van der Waals surface area contributed by atoms with Gasteiger partial charge in [-0.3, -0.25) is 0 Å². The van der Waals surface area contributed by atoms with E-state index in [2.05, 4.69) is 13.2 Å². The van der Waals surface area contributed by atoms with E-state index in [-0.39, 0.29) is 23.7 Å². The zero-order valence-electron chi connectivity index (χ0n) is 11.7. The fraction of sp³-hybridized carbons (Fsp3) is 0.286. The van der Waals surface area contributed by atoms with Crippen LogP contribution in [0.4, 0.5) is 0 Å². The van der Waals surface area contributed by atoms with Crippen LogP contribution in [0, 0.1) is 0 Å². The van der Waals surface area contributed by atoms with Gasteiger partial charge in [0, 0.05) is 19.2 Å². The Hall–Kier alpha value is -1.79. The summed E-state index contributed by atoms with van der Waals surface area (Å²) < 4.78 is 36.8. The van der Waals surface area contributed by atoms with E-state index in [0.29, 0.717) is 5.75 Å². The third-order valence-electron chi connectivity index (χ3n) is 2.65. The van der Waals surface area contributed by atoms with Gasteiger partial charge in [-0.1, -0.05) is 12.2 Å². The lowest BCUT2D eigenvalue weighted by Crippen LogP contribution is -2.31. The van der Waals surface area contributed by atoms with E-state index in [1.165, 1.54) is 36.7 Å². The Bertz CT molecular complexity index is 571. The molecule has 0 fully saturated rings. The molecule has 0 bridgehead atoms. The van der Waals surface area contributed by atoms with Crippen molar-refractivity contribution < 1.29 is 17.9 Å². The summed E-state index contributed by atoms with van der Waals surface area (Å²) in [6, 6.07) is 4.64. The molecule has 0 atom stereocenters. The normalized spacial score (nSPS) is 11.2. The minimum Gasteiger partial charge on any atom is -0.497 e. The predicted octanol–water partition coefficient (Wildman–Crippen LogP) is 2.07. The minimum absolute atomic E-state index is 0.0584. The van der Waals surface area contributed by atoms with Crippen molar-refractivity contribution >= 4 is 10.0 Å². The number of rotatable bonds is 8. The molecule has 0 saturated carbocycles. The first-order chi connectivity index (χ1) is 9.51. The molecule has 1 aromatic rings. The lowest BCUT2D eigenvalue weighted by Gasteiger charge is -2.20. The summed E-state index contributed by atoms with van der Waals surface area (Å²) in [6.07, 6.45) is 3.04. The Balaban J connectivity index is 3.37. The first-order valence-electron chi connectivity index (χ1n) is 5.95. The van der Waals surface area contributed by atoms with Crippen LogP contribution < -0.4 is 9.47 Å². The van der Waals surface area contributed by atoms with Crippen molar-refractivity contribution in [3.8, 4) is 11.5 Å². The maximum Gasteiger partial charge on any atom is 0.247 e. The summed E-state index contributed by atoms with van der Waals surface area (Å²) in [5.41, 5.74) is 0. The van der Waals surface area contributed by atoms with Crippen molar-refractivity contribution in [2.75, 3.05) is 27.3 Å². The summed E-state index contributed by atoms with van der Waals surface area (Å²) in [7, 11) is -0.816. The SMILES string of the molecule is C=CCN(CC=C)S(=O)(=O)c1cc(OC)ccc1OC. The Kier molecular flexibility index (Phi) is 5.79. The fourth-order valence-electron chi connectivity index (χ4n) is 1.68. The van der Waals surface area contributed by atoms with Crippen LogP contribution in [0.15, 0.2) is 48.4 Å². The topological polar surface area (TPSA) is 55.8 Å². The molecule has 110 valence electrons. The molecule has 0 saturated heterocycles. The van der Waals surface area contributed by atoms with Gasteiger partial charge in [0.15, 0.2) is 0 Å². The average Bonchev–Trinajstić information content (AvgIpc) is 2.46. The largest absolute Gasteiger partial charge is 0.497 e. The van der Waals surface area contributed by atoms with E-state index in [9.17, 15) is 8.42 Å². The predicted molar refractivity (Wildman–Crippen MR) is 78.7 cm³/mol. The zero-order valence-corrected chi connectivity index (χ0v) is 12.5. The highest BCUT2D eigenvalue weighted by Gasteiger charge is 2.26. The van der Waals surface area contributed by atoms with E-state index in [0.717, 1.165) is 0 Å². The van der Waals surface area contributed by atoms with E-state index in [4.69, 9.17) is 9.47 Å². The molecule has 0 aromatic heterocycles. The highest BCUT2D eigenvalue weighted by atomic mass is 32.2. The van der Waals surface area contributed by atoms with Crippen LogP contribution in [0.25, 0.3) is 0 Å². The van der Waals surface area contributed by atoms with Gasteiger partial charge in [-0.25, -0.2) is 8.42 Å². The van der Waals surface area contributed by atoms with Crippen molar-refractivity contribution in [3.63, 3.8) is 0 Å². The quantitative estimate of drug-likeness (QED) is 0.689. The van der Waals surface area contributed by atoms with E-state index < -0.39 is 10.0 Å². The number of hydrogen-bond acceptors (Lipinski definition) is 4. The Morgan fingerprint density at radius 2 is 1.75 bits per heavy atom. The van der Waals surface area contributed by atoms with Crippen molar-refractivity contribution in [1.82, 2.24) is 4.31 Å². The average molecular weight is 297 g/mol. The van der Waals surface area contributed by atoms with E-state index in [1.807, 2.05) is 0 Å². The highest BCUT2D eigenvalue weighted by molar-refractivity contribution is 7.89. The second-order valence-electron chi connectivity index (χ2n) is 3.92. The van der Waals surface area contributed by atoms with Gasteiger partial charge in [0.05, 0.1) is 14.2 Å². The van der Waals surface area contributed by atoms with Gasteiger partial charge in [-0.15, -0.1) is 13.2 Å². The van der Waals surface area contributed by atoms with Crippen molar-refractivity contribution in [3.05, 3.63) is 43.5 Å². The second kappa shape index (κ2) is 7.12. The number of benzene rings is 1. The third-order valence-corrected chi connectivity index (χ3v) is 4.51. The zero-order chi connectivity index (χ0) is 15.2. The summed E-state index contributed by atoms with van der Waals surface area (Å²) in [6.45, 7) is 7.52. The lowest BCUT2D eigenvalue weighted by atomic mass is 10.3. The van der Waals surface area contributed by atoms with Crippen molar-refractivity contribution in [2.45, 2.75) is 4.90 Å². The van der Waals surface area contributed by atoms with Crippen LogP contribution in [0.1, 0.15) is 0 Å². The Labute approximate surface area is 120 Å². The maximum atomic E-state index is 12.7. The van der Waals surface area contributed by atoms with Crippen LogP contribution in [0.5, 0.6) is 11.5 Å². The molecular formula is C14H19NO4S. The molecule has 1 rings (SSSR count). The summed E-state index contributed by atoms with van der Waals surface area (Å²) >= 11 is 0. The van der Waals surface area contributed by atoms with Gasteiger partial charge in [0.1, 0.15) is 16.4 Å². The number of nitrogens with zero attached hydrogens (tertiary/aromatic N) is 1. The Morgan fingerprint density at radius 3 is 2.20 bits per heavy atom. The maximum absolute atomic E-state index is 12.7. The van der Waals surface area contributed by atoms with E-state index in [1.54, 1.807) is 12.1 Å². The highest BCUT2D eigenvalue weighted by Crippen LogP contribution is 2.30. The number of ether oxygens (including phenoxy) is 2. The molecule has 0 spiro atoms. The smallest absolute Gasteiger partial charge is 0.247 e. The standard InChI is InChI=1S/C14H19NO4S/c1-5-9-15(10-6-2)20(16,17)14-11-12(18-3)7-8-13(14)19-4/h5-8,11H,1-2,9-10H2,3-4H3. The lowest BCUT2D eigenvalue weighted by molar-refractivity contribution is 0.388. The van der Waals surface area contributed by atoms with Gasteiger partial charge in [-0.05, 0) is 12.1 Å². The molecule has 5 nitrogen and oxygen atoms in total. The van der Waals surface area contributed by atoms with Crippen LogP contribution >= 0.6 is 0 Å². The van der Waals surface area contributed by atoms with Crippen LogP contribution in [-0.2, 0) is 10.0 Å². The molecule has 0 unspecified atom stereocenters. The third kappa shape index (κ3) is 3.40. The van der Waals surface area contributed by atoms with E-state index >= 15 is 0 Å². The molecule has 0 aliphatic rings. The number of methoxy groups -OCH3 is 2. The first kappa shape index (κ1) is 16.3. The molecule has 0 heterocycles. The molecule has 1 aromatic carbocycles. The molecule has 0 N–H and O–H groups in total. The molecule has 6 heteroatoms. The summed E-state index contributed by atoms with van der Waals surface area (Å²) in [5.74, 6) is 0.713. The molecule has 0 aliphatic carbocycles. The molecular weight excluding hydrogens is 278 g/mol. The Morgan fingerprint density at radius 1 is 1.15 bits per heavy atom. The van der Waals surface area contributed by atoms with Crippen LogP contribution in [-0.4, -0.2) is 40.0 Å². The van der Waals surface area contributed by atoms with Crippen molar-refractivity contribution in [1.29, 1.82) is 0 Å². The molecule has 0 amide bonds. The van der Waals surface area contributed by atoms with Crippen LogP contribution in [0.2, 0.25) is 0 Å². The summed E-state index contributed by atoms with van der Waals surface area (Å²) in [4.78, 5) is 0.0584. The van der Waals surface area contributed by atoms with Gasteiger partial charge >= 0.3 is 0 Å². The fourth-order valence-corrected chi connectivity index (χ4v) is 3.24. The second-order valence-corrected chi connectivity index (χ2v) is 5.82. The first-order valence-corrected chi connectivity index (χ1v) is 7.39. The summed E-state index contributed by atoms with van der Waals surface area (Å²) in [5, 5.41) is 0. The number of hydrogen-bond donors (Lipinski definition) is 0. The van der Waals surface area contributed by atoms with Gasteiger partial charge in [0.25, 0.3) is 0 Å². The van der Waals surface area contributed by atoms with Gasteiger partial charge in [-0.2, -0.15) is 4.31 Å². The number of sulfonamides is 1. The van der Waals surface area contributed by atoms with Crippen LogP contribution in [0.3, 0.4) is 0 Å². The molecule has 0 radical (unpaired) electrons. The minimum atomic E-state index is -3.71. The van der Waals surface area contributed by atoms with Gasteiger partial charge < -0.3 is 9.47 Å².